The van der Waals surface area contributed by atoms with Crippen LogP contribution in [0.2, 0.25) is 14.8 Å². The van der Waals surface area contributed by atoms with Crippen molar-refractivity contribution in [2.45, 2.75) is 21.7 Å². The maximum atomic E-state index is 11.9. The summed E-state index contributed by atoms with van der Waals surface area (Å²) < 4.78 is 0.411. The minimum absolute atomic E-state index is 0.411. The second kappa shape index (κ2) is 3.82. The van der Waals surface area contributed by atoms with Crippen LogP contribution in [0, 0.1) is 6.92 Å². The molecule has 1 rings (SSSR count). The molecule has 13 heavy (non-hydrogen) atoms. The van der Waals surface area contributed by atoms with Gasteiger partial charge in [-0.3, -0.25) is 0 Å². The molecule has 0 aliphatic rings. The molecule has 0 radical (unpaired) electrons. The Kier molecular flexibility index (Phi) is 3.17. The Labute approximate surface area is 84.0 Å². The van der Waals surface area contributed by atoms with Gasteiger partial charge in [0.15, 0.2) is 0 Å². The van der Waals surface area contributed by atoms with Gasteiger partial charge in [-0.2, -0.15) is 0 Å². The topological polar surface area (TPSA) is 17.1 Å². The molecular formula is C11H16OSn. The molecule has 2 heteroatoms. The molecule has 0 heterocycles. The van der Waals surface area contributed by atoms with Gasteiger partial charge in [-0.05, 0) is 0 Å². The first-order chi connectivity index (χ1) is 5.91. The summed E-state index contributed by atoms with van der Waals surface area (Å²) in [6.45, 7) is 2.04. The van der Waals surface area contributed by atoms with E-state index in [1.807, 2.05) is 31.2 Å². The molecule has 0 unspecified atom stereocenters. The van der Waals surface area contributed by atoms with E-state index in [1.165, 1.54) is 5.56 Å². The van der Waals surface area contributed by atoms with Crippen molar-refractivity contribution >= 4 is 22.2 Å². The Balaban J connectivity index is 2.97. The number of carbonyl (C=O) groups excluding carboxylic acids is 1. The molecule has 1 aromatic rings. The second-order valence-corrected chi connectivity index (χ2v) is 18.6. The summed E-state index contributed by atoms with van der Waals surface area (Å²) in [5.41, 5.74) is 2.11. The fourth-order valence-corrected chi connectivity index (χ4v) is 4.09. The van der Waals surface area contributed by atoms with Crippen molar-refractivity contribution < 1.29 is 4.79 Å². The number of hydrogen-bond donors (Lipinski definition) is 0. The number of benzene rings is 1. The van der Waals surface area contributed by atoms with Gasteiger partial charge in [0.1, 0.15) is 0 Å². The van der Waals surface area contributed by atoms with Crippen LogP contribution in [0.25, 0.3) is 0 Å². The van der Waals surface area contributed by atoms with Gasteiger partial charge in [0.2, 0.25) is 0 Å². The molecule has 0 spiro atoms. The van der Waals surface area contributed by atoms with E-state index in [2.05, 4.69) is 14.8 Å². The monoisotopic (exact) mass is 284 g/mol. The van der Waals surface area contributed by atoms with Crippen molar-refractivity contribution in [3.8, 4) is 0 Å². The third-order valence-electron chi connectivity index (χ3n) is 1.99. The van der Waals surface area contributed by atoms with Gasteiger partial charge >= 0.3 is 84.1 Å². The van der Waals surface area contributed by atoms with Crippen LogP contribution < -0.4 is 0 Å². The zero-order chi connectivity index (χ0) is 10.1. The van der Waals surface area contributed by atoms with E-state index in [0.717, 1.165) is 5.56 Å². The molecule has 0 aliphatic carbocycles. The summed E-state index contributed by atoms with van der Waals surface area (Å²) in [7, 11) is 0. The third-order valence-corrected chi connectivity index (χ3v) is 6.71. The fourth-order valence-electron chi connectivity index (χ4n) is 1.14. The first-order valence-electron chi connectivity index (χ1n) is 4.53. The van der Waals surface area contributed by atoms with Crippen molar-refractivity contribution in [1.82, 2.24) is 0 Å². The van der Waals surface area contributed by atoms with E-state index in [0.29, 0.717) is 3.80 Å². The van der Waals surface area contributed by atoms with Gasteiger partial charge in [0, 0.05) is 0 Å². The van der Waals surface area contributed by atoms with Gasteiger partial charge in [0.25, 0.3) is 0 Å². The number of rotatable bonds is 2. The average molecular weight is 283 g/mol. The van der Waals surface area contributed by atoms with Gasteiger partial charge < -0.3 is 0 Å². The Morgan fingerprint density at radius 2 is 1.54 bits per heavy atom. The summed E-state index contributed by atoms with van der Waals surface area (Å²) in [6.07, 6.45) is 0. The van der Waals surface area contributed by atoms with Crippen LogP contribution in [0.15, 0.2) is 24.3 Å². The maximum absolute atomic E-state index is 11.9. The average Bonchev–Trinajstić information content (AvgIpc) is 2.03. The predicted octanol–water partition coefficient (Wildman–Crippen LogP) is 3.06. The van der Waals surface area contributed by atoms with Gasteiger partial charge in [-0.1, -0.05) is 0 Å². The molecule has 1 nitrogen and oxygen atoms in total. The molecule has 0 saturated heterocycles. The van der Waals surface area contributed by atoms with Crippen molar-refractivity contribution in [1.29, 1.82) is 0 Å². The molecule has 0 N–H and O–H groups in total. The standard InChI is InChI=1S/C8H7O.3CH3.Sn/c1-7-2-4-8(6-9)5-3-7;;;;/h2-5H,1H3;3*1H3;. The Morgan fingerprint density at radius 1 is 1.08 bits per heavy atom. The van der Waals surface area contributed by atoms with E-state index in [-0.39, 0.29) is 0 Å². The molecule has 0 bridgehead atoms. The Bertz CT molecular complexity index is 306. The van der Waals surface area contributed by atoms with Crippen LogP contribution in [0.3, 0.4) is 0 Å². The molecule has 0 atom stereocenters. The van der Waals surface area contributed by atoms with Crippen LogP contribution in [-0.2, 0) is 0 Å². The predicted molar refractivity (Wildman–Crippen MR) is 58.9 cm³/mol. The molecule has 0 aromatic heterocycles. The van der Waals surface area contributed by atoms with E-state index in [9.17, 15) is 4.79 Å². The van der Waals surface area contributed by atoms with Crippen LogP contribution in [0.5, 0.6) is 0 Å². The van der Waals surface area contributed by atoms with Crippen LogP contribution in [0.1, 0.15) is 15.9 Å². The van der Waals surface area contributed by atoms with Gasteiger partial charge in [-0.25, -0.2) is 0 Å². The fraction of sp³-hybridized carbons (Fsp3) is 0.364. The van der Waals surface area contributed by atoms with Crippen molar-refractivity contribution in [3.05, 3.63) is 35.4 Å². The van der Waals surface area contributed by atoms with Gasteiger partial charge in [0.05, 0.1) is 0 Å². The molecule has 0 saturated carbocycles. The van der Waals surface area contributed by atoms with E-state index >= 15 is 0 Å². The van der Waals surface area contributed by atoms with Crippen molar-refractivity contribution in [2.75, 3.05) is 0 Å². The van der Waals surface area contributed by atoms with Crippen molar-refractivity contribution in [2.24, 2.45) is 0 Å². The molecule has 1 aromatic carbocycles. The van der Waals surface area contributed by atoms with Crippen LogP contribution in [0.4, 0.5) is 0 Å². The molecule has 0 aliphatic heterocycles. The summed E-state index contributed by atoms with van der Waals surface area (Å²) in [6, 6.07) is 7.90. The van der Waals surface area contributed by atoms with E-state index in [1.54, 1.807) is 0 Å². The van der Waals surface area contributed by atoms with Crippen LogP contribution in [-0.4, -0.2) is 22.2 Å². The zero-order valence-corrected chi connectivity index (χ0v) is 11.6. The number of carbonyl (C=O) groups is 1. The van der Waals surface area contributed by atoms with Crippen molar-refractivity contribution in [3.63, 3.8) is 0 Å². The van der Waals surface area contributed by atoms with Gasteiger partial charge in [-0.15, -0.1) is 0 Å². The zero-order valence-electron chi connectivity index (χ0n) is 8.72. The Hall–Kier alpha value is -0.311. The SMILES string of the molecule is Cc1ccc([C](=O)[Sn]([CH3])([CH3])[CH3])cc1. The first kappa shape index (κ1) is 10.8. The molecular weight excluding hydrogens is 267 g/mol. The van der Waals surface area contributed by atoms with Crippen LogP contribution >= 0.6 is 0 Å². The molecule has 70 valence electrons. The third kappa shape index (κ3) is 2.83. The minimum atomic E-state index is -2.36. The molecule has 0 amide bonds. The summed E-state index contributed by atoms with van der Waals surface area (Å²) >= 11 is -2.36. The van der Waals surface area contributed by atoms with E-state index in [4.69, 9.17) is 0 Å². The Morgan fingerprint density at radius 3 is 1.92 bits per heavy atom. The quantitative estimate of drug-likeness (QED) is 0.762. The summed E-state index contributed by atoms with van der Waals surface area (Å²) in [5.74, 6) is 0. The number of hydrogen-bond acceptors (Lipinski definition) is 1. The van der Waals surface area contributed by atoms with E-state index < -0.39 is 18.4 Å². The second-order valence-electron chi connectivity index (χ2n) is 4.45. The normalized spacial score (nSPS) is 11.4. The first-order valence-corrected chi connectivity index (χ1v) is 14.5. The molecule has 0 fully saturated rings. The summed E-state index contributed by atoms with van der Waals surface area (Å²) in [5, 5.41) is 0. The summed E-state index contributed by atoms with van der Waals surface area (Å²) in [4.78, 5) is 18.3. The number of aryl methyl sites for hydroxylation is 1.